The van der Waals surface area contributed by atoms with Gasteiger partial charge in [-0.15, -0.1) is 0 Å². The molecule has 0 heterocycles. The van der Waals surface area contributed by atoms with Crippen LogP contribution < -0.4 is 0 Å². The summed E-state index contributed by atoms with van der Waals surface area (Å²) in [6, 6.07) is 0. The van der Waals surface area contributed by atoms with Crippen LogP contribution in [0.15, 0.2) is 0 Å². The van der Waals surface area contributed by atoms with Crippen LogP contribution in [0, 0.1) is 40.4 Å². The molecule has 8 unspecified atom stereocenters. The van der Waals surface area contributed by atoms with E-state index in [4.69, 9.17) is 12.6 Å². The second kappa shape index (κ2) is 2.85. The molecule has 0 amide bonds. The van der Waals surface area contributed by atoms with Crippen molar-refractivity contribution < 1.29 is 0 Å². The lowest BCUT2D eigenvalue weighted by Crippen LogP contribution is -2.78. The number of fused-ring (bicyclic) bond motifs is 7. The fraction of sp³-hybridized carbons (Fsp3) is 1.00. The first-order valence-corrected chi connectivity index (χ1v) is 8.77. The van der Waals surface area contributed by atoms with Crippen molar-refractivity contribution in [3.8, 4) is 0 Å². The summed E-state index contributed by atoms with van der Waals surface area (Å²) in [6.45, 7) is 4.93. The lowest BCUT2D eigenvalue weighted by atomic mass is 9.29. The average molecular weight is 262 g/mol. The van der Waals surface area contributed by atoms with Gasteiger partial charge in [-0.3, -0.25) is 0 Å². The monoisotopic (exact) mass is 262 g/mol. The molecule has 0 aromatic rings. The van der Waals surface area contributed by atoms with Crippen molar-refractivity contribution in [1.29, 1.82) is 0 Å². The van der Waals surface area contributed by atoms with E-state index in [2.05, 4.69) is 13.8 Å². The van der Waals surface area contributed by atoms with Crippen molar-refractivity contribution in [2.75, 3.05) is 0 Å². The Morgan fingerprint density at radius 2 is 2.00 bits per heavy atom. The summed E-state index contributed by atoms with van der Waals surface area (Å²) in [5.41, 5.74) is 1.53. The van der Waals surface area contributed by atoms with Crippen LogP contribution >= 0.6 is 12.6 Å². The van der Waals surface area contributed by atoms with E-state index in [-0.39, 0.29) is 0 Å². The predicted molar refractivity (Wildman–Crippen MR) is 77.7 cm³/mol. The first-order valence-electron chi connectivity index (χ1n) is 8.32. The zero-order chi connectivity index (χ0) is 12.3. The SMILES string of the molecule is CCC(C)C12CCC1C1C3CC34CCC(C4)C12S. The van der Waals surface area contributed by atoms with E-state index in [0.717, 1.165) is 35.0 Å². The molecule has 0 nitrogen and oxygen atoms in total. The summed E-state index contributed by atoms with van der Waals surface area (Å²) in [6.07, 6.45) is 10.6. The molecule has 5 fully saturated rings. The van der Waals surface area contributed by atoms with Gasteiger partial charge in [-0.2, -0.15) is 12.6 Å². The molecule has 1 heteroatoms. The van der Waals surface area contributed by atoms with E-state index >= 15 is 0 Å². The largest absolute Gasteiger partial charge is 0.171 e. The maximum Gasteiger partial charge on any atom is 0.0253 e. The highest BCUT2D eigenvalue weighted by Crippen LogP contribution is 2.89. The number of thiol groups is 1. The lowest BCUT2D eigenvalue weighted by Gasteiger charge is -2.79. The van der Waals surface area contributed by atoms with Crippen LogP contribution in [0.5, 0.6) is 0 Å². The second-order valence-electron chi connectivity index (χ2n) is 8.46. The molecular weight excluding hydrogens is 236 g/mol. The molecule has 5 rings (SSSR count). The van der Waals surface area contributed by atoms with E-state index in [1.807, 2.05) is 0 Å². The summed E-state index contributed by atoms with van der Waals surface area (Å²) < 4.78 is 0.465. The molecule has 0 aromatic carbocycles. The van der Waals surface area contributed by atoms with Gasteiger partial charge in [-0.1, -0.05) is 20.3 Å². The Morgan fingerprint density at radius 3 is 2.67 bits per heavy atom. The van der Waals surface area contributed by atoms with Gasteiger partial charge in [0.25, 0.3) is 0 Å². The molecule has 0 N–H and O–H groups in total. The van der Waals surface area contributed by atoms with Gasteiger partial charge in [-0.25, -0.2) is 0 Å². The van der Waals surface area contributed by atoms with Crippen molar-refractivity contribution in [3.63, 3.8) is 0 Å². The van der Waals surface area contributed by atoms with E-state index in [1.54, 1.807) is 19.3 Å². The zero-order valence-electron chi connectivity index (χ0n) is 11.8. The van der Waals surface area contributed by atoms with Gasteiger partial charge in [0, 0.05) is 4.75 Å². The molecule has 5 aliphatic carbocycles. The standard InChI is InChI=1S/C17H26S/c1-3-10(2)16-7-5-12(16)14-13-9-15(13)6-4-11(8-15)17(14,16)18/h10-14,18H,3-9H2,1-2H3. The van der Waals surface area contributed by atoms with Crippen molar-refractivity contribution in [1.82, 2.24) is 0 Å². The van der Waals surface area contributed by atoms with Crippen LogP contribution in [0.25, 0.3) is 0 Å². The van der Waals surface area contributed by atoms with Gasteiger partial charge in [0.1, 0.15) is 0 Å². The fourth-order valence-corrected chi connectivity index (χ4v) is 8.77. The first kappa shape index (κ1) is 11.1. The Hall–Kier alpha value is 0.350. The topological polar surface area (TPSA) is 0 Å². The maximum atomic E-state index is 5.47. The predicted octanol–water partition coefficient (Wildman–Crippen LogP) is 4.55. The molecule has 100 valence electrons. The normalized spacial score (nSPS) is 68.2. The summed E-state index contributed by atoms with van der Waals surface area (Å²) in [7, 11) is 0. The summed E-state index contributed by atoms with van der Waals surface area (Å²) in [5, 5.41) is 0. The van der Waals surface area contributed by atoms with Crippen LogP contribution in [-0.2, 0) is 0 Å². The first-order chi connectivity index (χ1) is 8.60. The number of hydrogen-bond donors (Lipinski definition) is 1. The molecule has 1 spiro atoms. The van der Waals surface area contributed by atoms with Crippen LogP contribution in [0.4, 0.5) is 0 Å². The molecular formula is C17H26S. The van der Waals surface area contributed by atoms with E-state index < -0.39 is 0 Å². The minimum absolute atomic E-state index is 0.465. The van der Waals surface area contributed by atoms with Gasteiger partial charge in [-0.05, 0) is 78.9 Å². The second-order valence-corrected chi connectivity index (χ2v) is 9.20. The third-order valence-corrected chi connectivity index (χ3v) is 9.74. The Bertz CT molecular complexity index is 431. The van der Waals surface area contributed by atoms with Crippen LogP contribution in [-0.4, -0.2) is 4.75 Å². The summed E-state index contributed by atoms with van der Waals surface area (Å²) in [4.78, 5) is 0. The molecule has 5 aliphatic rings. The third-order valence-electron chi connectivity index (χ3n) is 8.66. The molecule has 0 saturated heterocycles. The van der Waals surface area contributed by atoms with Crippen molar-refractivity contribution in [2.24, 2.45) is 40.4 Å². The quantitative estimate of drug-likeness (QED) is 0.694. The van der Waals surface area contributed by atoms with E-state index in [1.165, 1.54) is 25.7 Å². The fourth-order valence-electron chi connectivity index (χ4n) is 7.69. The Morgan fingerprint density at radius 1 is 1.17 bits per heavy atom. The molecule has 2 bridgehead atoms. The van der Waals surface area contributed by atoms with Crippen molar-refractivity contribution >= 4 is 12.6 Å². The van der Waals surface area contributed by atoms with Crippen molar-refractivity contribution in [2.45, 2.75) is 63.5 Å². The minimum atomic E-state index is 0.465. The van der Waals surface area contributed by atoms with Gasteiger partial charge in [0.05, 0.1) is 0 Å². The van der Waals surface area contributed by atoms with Gasteiger partial charge >= 0.3 is 0 Å². The van der Waals surface area contributed by atoms with Gasteiger partial charge in [0.2, 0.25) is 0 Å². The summed E-state index contributed by atoms with van der Waals surface area (Å²) >= 11 is 5.47. The third kappa shape index (κ3) is 0.801. The average Bonchev–Trinajstić information content (AvgIpc) is 2.85. The Balaban J connectivity index is 1.61. The molecule has 0 radical (unpaired) electrons. The highest BCUT2D eigenvalue weighted by Gasteiger charge is 2.85. The van der Waals surface area contributed by atoms with Gasteiger partial charge in [0.15, 0.2) is 0 Å². The molecule has 0 aliphatic heterocycles. The number of rotatable bonds is 2. The smallest absolute Gasteiger partial charge is 0.0253 e. The summed E-state index contributed by atoms with van der Waals surface area (Å²) in [5.74, 6) is 5.12. The highest BCUT2D eigenvalue weighted by molar-refractivity contribution is 7.82. The van der Waals surface area contributed by atoms with Crippen LogP contribution in [0.2, 0.25) is 0 Å². The van der Waals surface area contributed by atoms with E-state index in [9.17, 15) is 0 Å². The van der Waals surface area contributed by atoms with Crippen molar-refractivity contribution in [3.05, 3.63) is 0 Å². The molecule has 8 atom stereocenters. The Labute approximate surface area is 117 Å². The van der Waals surface area contributed by atoms with E-state index in [0.29, 0.717) is 10.2 Å². The molecule has 5 saturated carbocycles. The molecule has 0 aromatic heterocycles. The lowest BCUT2D eigenvalue weighted by molar-refractivity contribution is -0.241. The molecule has 18 heavy (non-hydrogen) atoms. The van der Waals surface area contributed by atoms with Crippen LogP contribution in [0.3, 0.4) is 0 Å². The minimum Gasteiger partial charge on any atom is -0.171 e. The van der Waals surface area contributed by atoms with Gasteiger partial charge < -0.3 is 0 Å². The maximum absolute atomic E-state index is 5.47. The Kier molecular flexibility index (Phi) is 1.75. The highest BCUT2D eigenvalue weighted by atomic mass is 32.1. The van der Waals surface area contributed by atoms with Crippen LogP contribution in [0.1, 0.15) is 58.8 Å². The number of hydrogen-bond acceptors (Lipinski definition) is 1. The zero-order valence-corrected chi connectivity index (χ0v) is 12.7.